The molecule has 0 atom stereocenters. The average Bonchev–Trinajstić information content (AvgIpc) is 2.62. The minimum absolute atomic E-state index is 0.131. The van der Waals surface area contributed by atoms with Gasteiger partial charge in [0.05, 0.1) is 10.7 Å². The monoisotopic (exact) mass is 372 g/mol. The molecule has 2 amide bonds. The summed E-state index contributed by atoms with van der Waals surface area (Å²) in [5.41, 5.74) is 2.05. The van der Waals surface area contributed by atoms with Gasteiger partial charge in [-0.3, -0.25) is 9.59 Å². The molecule has 26 heavy (non-hydrogen) atoms. The summed E-state index contributed by atoms with van der Waals surface area (Å²) in [7, 11) is 0. The summed E-state index contributed by atoms with van der Waals surface area (Å²) >= 11 is 6.16. The summed E-state index contributed by atoms with van der Waals surface area (Å²) in [5.74, 6) is 0.232. The molecule has 0 saturated heterocycles. The van der Waals surface area contributed by atoms with Crippen LogP contribution in [-0.4, -0.2) is 18.4 Å². The molecule has 0 spiro atoms. The van der Waals surface area contributed by atoms with Crippen LogP contribution in [0.2, 0.25) is 5.02 Å². The lowest BCUT2D eigenvalue weighted by atomic mass is 10.1. The Bertz CT molecular complexity index is 745. The normalized spacial score (nSPS) is 10.6. The Labute approximate surface area is 159 Å². The fourth-order valence-corrected chi connectivity index (χ4v) is 2.62. The molecule has 2 N–H and O–H groups in total. The number of hydrogen-bond acceptors (Lipinski definition) is 2. The molecule has 0 aliphatic carbocycles. The van der Waals surface area contributed by atoms with Gasteiger partial charge in [-0.2, -0.15) is 0 Å². The second-order valence-corrected chi connectivity index (χ2v) is 7.07. The predicted octanol–water partition coefficient (Wildman–Crippen LogP) is 4.69. The van der Waals surface area contributed by atoms with Crippen molar-refractivity contribution < 1.29 is 9.59 Å². The number of hydrogen-bond donors (Lipinski definition) is 2. The minimum Gasteiger partial charge on any atom is -0.352 e. The summed E-state index contributed by atoms with van der Waals surface area (Å²) in [6, 6.07) is 14.7. The first-order valence-corrected chi connectivity index (χ1v) is 9.25. The van der Waals surface area contributed by atoms with Crippen molar-refractivity contribution >= 4 is 29.1 Å². The summed E-state index contributed by atoms with van der Waals surface area (Å²) < 4.78 is 0. The van der Waals surface area contributed by atoms with Crippen molar-refractivity contribution in [1.29, 1.82) is 0 Å². The van der Waals surface area contributed by atoms with Gasteiger partial charge in [0.2, 0.25) is 5.91 Å². The fraction of sp³-hybridized carbons (Fsp3) is 0.333. The maximum absolute atomic E-state index is 12.2. The molecule has 2 aromatic carbocycles. The van der Waals surface area contributed by atoms with Gasteiger partial charge in [-0.05, 0) is 42.5 Å². The molecule has 2 aromatic rings. The average molecular weight is 373 g/mol. The van der Waals surface area contributed by atoms with E-state index in [0.29, 0.717) is 41.6 Å². The quantitative estimate of drug-likeness (QED) is 0.706. The molecular formula is C21H25ClN2O2. The number of amides is 2. The van der Waals surface area contributed by atoms with E-state index in [9.17, 15) is 9.59 Å². The van der Waals surface area contributed by atoms with E-state index in [1.54, 1.807) is 18.2 Å². The molecule has 0 aliphatic heterocycles. The van der Waals surface area contributed by atoms with Crippen molar-refractivity contribution in [2.75, 3.05) is 11.9 Å². The number of rotatable bonds is 8. The SMILES string of the molecule is CC(C)CCNC(=O)c1ccc(Cl)c(NC(=O)CCc2ccccc2)c1. The van der Waals surface area contributed by atoms with Gasteiger partial charge in [0.15, 0.2) is 0 Å². The molecule has 0 heterocycles. The van der Waals surface area contributed by atoms with E-state index in [1.165, 1.54) is 0 Å². The molecule has 0 fully saturated rings. The van der Waals surface area contributed by atoms with Gasteiger partial charge in [-0.1, -0.05) is 55.8 Å². The number of anilines is 1. The van der Waals surface area contributed by atoms with Crippen molar-refractivity contribution in [2.45, 2.75) is 33.1 Å². The van der Waals surface area contributed by atoms with Crippen LogP contribution in [0, 0.1) is 5.92 Å². The fourth-order valence-electron chi connectivity index (χ4n) is 2.45. The molecule has 0 bridgehead atoms. The zero-order valence-electron chi connectivity index (χ0n) is 15.2. The Morgan fingerprint density at radius 2 is 1.81 bits per heavy atom. The van der Waals surface area contributed by atoms with Crippen molar-refractivity contribution in [2.24, 2.45) is 5.92 Å². The van der Waals surface area contributed by atoms with E-state index in [4.69, 9.17) is 11.6 Å². The number of carbonyl (C=O) groups excluding carboxylic acids is 2. The topological polar surface area (TPSA) is 58.2 Å². The Balaban J connectivity index is 1.93. The second-order valence-electron chi connectivity index (χ2n) is 6.67. The van der Waals surface area contributed by atoms with Crippen LogP contribution in [0.5, 0.6) is 0 Å². The summed E-state index contributed by atoms with van der Waals surface area (Å²) in [5, 5.41) is 6.10. The van der Waals surface area contributed by atoms with E-state index in [2.05, 4.69) is 24.5 Å². The molecule has 138 valence electrons. The zero-order chi connectivity index (χ0) is 18.9. The Morgan fingerprint density at radius 1 is 1.08 bits per heavy atom. The van der Waals surface area contributed by atoms with E-state index in [-0.39, 0.29) is 11.8 Å². The van der Waals surface area contributed by atoms with Crippen LogP contribution in [0.25, 0.3) is 0 Å². The minimum atomic E-state index is -0.165. The highest BCUT2D eigenvalue weighted by Gasteiger charge is 2.11. The molecule has 2 rings (SSSR count). The van der Waals surface area contributed by atoms with E-state index in [0.717, 1.165) is 12.0 Å². The molecule has 0 saturated carbocycles. The highest BCUT2D eigenvalue weighted by atomic mass is 35.5. The molecule has 0 unspecified atom stereocenters. The lowest BCUT2D eigenvalue weighted by molar-refractivity contribution is -0.116. The van der Waals surface area contributed by atoms with Crippen LogP contribution in [0.4, 0.5) is 5.69 Å². The maximum atomic E-state index is 12.2. The predicted molar refractivity (Wildman–Crippen MR) is 107 cm³/mol. The van der Waals surface area contributed by atoms with Crippen molar-refractivity contribution in [3.05, 3.63) is 64.7 Å². The van der Waals surface area contributed by atoms with Crippen molar-refractivity contribution in [3.63, 3.8) is 0 Å². The molecule has 0 aromatic heterocycles. The largest absolute Gasteiger partial charge is 0.352 e. The lowest BCUT2D eigenvalue weighted by Gasteiger charge is -2.11. The highest BCUT2D eigenvalue weighted by molar-refractivity contribution is 6.33. The van der Waals surface area contributed by atoms with Gasteiger partial charge in [0, 0.05) is 18.5 Å². The second kappa shape index (κ2) is 9.97. The molecule has 4 nitrogen and oxygen atoms in total. The zero-order valence-corrected chi connectivity index (χ0v) is 16.0. The summed E-state index contributed by atoms with van der Waals surface area (Å²) in [6.07, 6.45) is 1.92. The van der Waals surface area contributed by atoms with Gasteiger partial charge in [-0.25, -0.2) is 0 Å². The lowest BCUT2D eigenvalue weighted by Crippen LogP contribution is -2.25. The Kier molecular flexibility index (Phi) is 7.67. The number of halogens is 1. The highest BCUT2D eigenvalue weighted by Crippen LogP contribution is 2.23. The van der Waals surface area contributed by atoms with Crippen LogP contribution in [0.3, 0.4) is 0 Å². The smallest absolute Gasteiger partial charge is 0.251 e. The van der Waals surface area contributed by atoms with E-state index < -0.39 is 0 Å². The molecule has 5 heteroatoms. The van der Waals surface area contributed by atoms with Crippen molar-refractivity contribution in [3.8, 4) is 0 Å². The number of carbonyl (C=O) groups is 2. The number of benzene rings is 2. The standard InChI is InChI=1S/C21H25ClN2O2/c1-15(2)12-13-23-21(26)17-9-10-18(22)19(14-17)24-20(25)11-8-16-6-4-3-5-7-16/h3-7,9-10,14-15H,8,11-13H2,1-2H3,(H,23,26)(H,24,25). The first-order chi connectivity index (χ1) is 12.5. The summed E-state index contributed by atoms with van der Waals surface area (Å²) in [6.45, 7) is 4.84. The summed E-state index contributed by atoms with van der Waals surface area (Å²) in [4.78, 5) is 24.4. The van der Waals surface area contributed by atoms with Crippen molar-refractivity contribution in [1.82, 2.24) is 5.32 Å². The third-order valence-electron chi connectivity index (χ3n) is 3.99. The van der Waals surface area contributed by atoms with Crippen LogP contribution >= 0.6 is 11.6 Å². The maximum Gasteiger partial charge on any atom is 0.251 e. The van der Waals surface area contributed by atoms with Gasteiger partial charge in [0.25, 0.3) is 5.91 Å². The van der Waals surface area contributed by atoms with Crippen LogP contribution in [-0.2, 0) is 11.2 Å². The molecular weight excluding hydrogens is 348 g/mol. The third kappa shape index (κ3) is 6.52. The Hall–Kier alpha value is -2.33. The van der Waals surface area contributed by atoms with E-state index in [1.807, 2.05) is 30.3 Å². The third-order valence-corrected chi connectivity index (χ3v) is 4.32. The molecule has 0 radical (unpaired) electrons. The van der Waals surface area contributed by atoms with Gasteiger partial charge < -0.3 is 10.6 Å². The van der Waals surface area contributed by atoms with Gasteiger partial charge in [0.1, 0.15) is 0 Å². The number of nitrogens with one attached hydrogen (secondary N) is 2. The van der Waals surface area contributed by atoms with Crippen LogP contribution < -0.4 is 10.6 Å². The van der Waals surface area contributed by atoms with Gasteiger partial charge in [-0.15, -0.1) is 0 Å². The Morgan fingerprint density at radius 3 is 2.50 bits per heavy atom. The first-order valence-electron chi connectivity index (χ1n) is 8.87. The van der Waals surface area contributed by atoms with E-state index >= 15 is 0 Å². The van der Waals surface area contributed by atoms with Gasteiger partial charge >= 0.3 is 0 Å². The first kappa shape index (κ1) is 20.0. The number of aryl methyl sites for hydroxylation is 1. The van der Waals surface area contributed by atoms with Crippen LogP contribution in [0.1, 0.15) is 42.6 Å². The van der Waals surface area contributed by atoms with Crippen LogP contribution in [0.15, 0.2) is 48.5 Å². The molecule has 0 aliphatic rings.